The number of aliphatic hydroxyl groups is 3. The van der Waals surface area contributed by atoms with E-state index in [2.05, 4.69) is 16.0 Å². The predicted octanol–water partition coefficient (Wildman–Crippen LogP) is 7.53. The van der Waals surface area contributed by atoms with Gasteiger partial charge in [0.25, 0.3) is 0 Å². The summed E-state index contributed by atoms with van der Waals surface area (Å²) in [4.78, 5) is 85.0. The van der Waals surface area contributed by atoms with E-state index in [-0.39, 0.29) is 13.0 Å². The van der Waals surface area contributed by atoms with Gasteiger partial charge in [-0.15, -0.1) is 0 Å². The molecule has 0 spiro atoms. The number of esters is 2. The standard InChI is InChI=1S/C42H81O20P3/c1-3-5-6-7-8-9-10-11-12-16-19-22-25-29-35(44)59-34(31-36(45)57-30-26-23-20-17-14-13-15-18-21-24-28-33(43)27-4-2)32-58-65(55,56)62-42-38(47)40(60-63(49,50)51)37(46)41(39(42)48)61-64(52,53)54/h34,37-42,46-48H,3-32H2,1-2H3,(H,55,56)(H2,49,50,51)(H2,52,53,54)/t34-,37?,38+,39?,40+,41-,42?/m1/s1. The van der Waals surface area contributed by atoms with Crippen molar-refractivity contribution in [3.8, 4) is 0 Å². The normalized spacial score (nSPS) is 21.8. The minimum Gasteiger partial charge on any atom is -0.466 e. The Kier molecular flexibility index (Phi) is 33.3. The van der Waals surface area contributed by atoms with Gasteiger partial charge < -0.3 is 49.3 Å². The molecule has 384 valence electrons. The first-order valence-corrected chi connectivity index (χ1v) is 28.3. The zero-order chi connectivity index (χ0) is 48.7. The quantitative estimate of drug-likeness (QED) is 0.0167. The highest BCUT2D eigenvalue weighted by Crippen LogP contribution is 2.51. The van der Waals surface area contributed by atoms with Crippen molar-refractivity contribution in [2.24, 2.45) is 0 Å². The molecule has 8 atom stereocenters. The zero-order valence-corrected chi connectivity index (χ0v) is 41.3. The summed E-state index contributed by atoms with van der Waals surface area (Å²) in [7, 11) is -16.6. The first kappa shape index (κ1) is 61.8. The molecule has 1 aliphatic carbocycles. The molecule has 23 heteroatoms. The number of hydrogen-bond acceptors (Lipinski definition) is 15. The van der Waals surface area contributed by atoms with Crippen LogP contribution in [0, 0.1) is 0 Å². The lowest BCUT2D eigenvalue weighted by Gasteiger charge is -2.44. The number of carbonyl (C=O) groups is 3. The lowest BCUT2D eigenvalue weighted by atomic mass is 9.85. The van der Waals surface area contributed by atoms with E-state index in [1.54, 1.807) is 0 Å². The number of phosphoric ester groups is 3. The molecule has 1 aliphatic rings. The zero-order valence-electron chi connectivity index (χ0n) is 38.6. The van der Waals surface area contributed by atoms with E-state index in [9.17, 15) is 67.9 Å². The average molecular weight is 999 g/mol. The highest BCUT2D eigenvalue weighted by molar-refractivity contribution is 7.47. The molecular weight excluding hydrogens is 917 g/mol. The molecule has 0 aromatic carbocycles. The minimum absolute atomic E-state index is 0.0264. The maximum Gasteiger partial charge on any atom is 0.472 e. The number of unbranched alkanes of at least 4 members (excludes halogenated alkanes) is 21. The first-order valence-electron chi connectivity index (χ1n) is 23.7. The molecule has 0 amide bonds. The minimum atomic E-state index is -5.56. The van der Waals surface area contributed by atoms with Gasteiger partial charge in [-0.05, 0) is 25.7 Å². The second-order valence-electron chi connectivity index (χ2n) is 17.0. The monoisotopic (exact) mass is 998 g/mol. The van der Waals surface area contributed by atoms with Gasteiger partial charge in [0.1, 0.15) is 48.5 Å². The van der Waals surface area contributed by atoms with Crippen molar-refractivity contribution < 1.29 is 95.4 Å². The Labute approximate surface area is 385 Å². The Morgan fingerprint density at radius 2 is 0.862 bits per heavy atom. The molecule has 0 aromatic rings. The van der Waals surface area contributed by atoms with Crippen molar-refractivity contribution in [3.05, 3.63) is 0 Å². The second-order valence-corrected chi connectivity index (χ2v) is 20.8. The molecule has 0 saturated heterocycles. The van der Waals surface area contributed by atoms with Gasteiger partial charge >= 0.3 is 35.4 Å². The van der Waals surface area contributed by atoms with Gasteiger partial charge in [0, 0.05) is 19.3 Å². The highest BCUT2D eigenvalue weighted by atomic mass is 31.2. The maximum atomic E-state index is 13.1. The molecular formula is C42H81O20P3. The summed E-state index contributed by atoms with van der Waals surface area (Å²) < 4.78 is 65.5. The molecule has 0 heterocycles. The van der Waals surface area contributed by atoms with E-state index >= 15 is 0 Å². The van der Waals surface area contributed by atoms with Crippen LogP contribution in [0.3, 0.4) is 0 Å². The van der Waals surface area contributed by atoms with Crippen LogP contribution in [0.4, 0.5) is 0 Å². The molecule has 0 bridgehead atoms. The number of rotatable bonds is 41. The molecule has 0 aliphatic heterocycles. The Balaban J connectivity index is 2.75. The van der Waals surface area contributed by atoms with Crippen LogP contribution in [-0.2, 0) is 55.6 Å². The highest BCUT2D eigenvalue weighted by Gasteiger charge is 2.56. The van der Waals surface area contributed by atoms with Crippen LogP contribution < -0.4 is 0 Å². The lowest BCUT2D eigenvalue weighted by Crippen LogP contribution is -2.65. The molecule has 20 nitrogen and oxygen atoms in total. The predicted molar refractivity (Wildman–Crippen MR) is 239 cm³/mol. The van der Waals surface area contributed by atoms with E-state index < -0.39 is 91.2 Å². The molecule has 4 unspecified atom stereocenters. The number of ether oxygens (including phenoxy) is 2. The van der Waals surface area contributed by atoms with Gasteiger partial charge in [-0.1, -0.05) is 142 Å². The van der Waals surface area contributed by atoms with Gasteiger partial charge in [-0.3, -0.25) is 32.5 Å². The van der Waals surface area contributed by atoms with Gasteiger partial charge in [-0.25, -0.2) is 13.7 Å². The summed E-state index contributed by atoms with van der Waals surface area (Å²) in [5, 5.41) is 31.8. The van der Waals surface area contributed by atoms with Crippen LogP contribution in [0.2, 0.25) is 0 Å². The van der Waals surface area contributed by atoms with Crippen molar-refractivity contribution in [3.63, 3.8) is 0 Å². The second kappa shape index (κ2) is 35.0. The maximum absolute atomic E-state index is 13.1. The lowest BCUT2D eigenvalue weighted by molar-refractivity contribution is -0.213. The third kappa shape index (κ3) is 31.6. The molecule has 65 heavy (non-hydrogen) atoms. The number of ketones is 1. The fourth-order valence-electron chi connectivity index (χ4n) is 7.56. The van der Waals surface area contributed by atoms with Crippen molar-refractivity contribution in [2.75, 3.05) is 13.2 Å². The third-order valence-electron chi connectivity index (χ3n) is 11.0. The summed E-state index contributed by atoms with van der Waals surface area (Å²) in [5.74, 6) is -1.20. The Bertz CT molecular complexity index is 1400. The molecule has 1 rings (SSSR count). The van der Waals surface area contributed by atoms with Crippen molar-refractivity contribution in [1.29, 1.82) is 0 Å². The summed E-state index contributed by atoms with van der Waals surface area (Å²) in [5.41, 5.74) is 0. The summed E-state index contributed by atoms with van der Waals surface area (Å²) in [6.45, 7) is 3.31. The van der Waals surface area contributed by atoms with Crippen molar-refractivity contribution in [1.82, 2.24) is 0 Å². The number of hydrogen-bond donors (Lipinski definition) is 8. The SMILES string of the molecule is CCCCCCCCCCCCCCCC(=O)O[C@@H](COP(=O)(O)OC1C(O)[C@H](OP(=O)(O)O)C(O)[C@H](OP(=O)(O)O)[C@@H]1O)CC(=O)OCCCCCCCCCCCCC(=O)CCC. The third-order valence-corrected chi connectivity index (χ3v) is 13.1. The molecule has 1 saturated carbocycles. The summed E-state index contributed by atoms with van der Waals surface area (Å²) in [6, 6.07) is 0. The Morgan fingerprint density at radius 3 is 1.28 bits per heavy atom. The fraction of sp³-hybridized carbons (Fsp3) is 0.929. The van der Waals surface area contributed by atoms with E-state index in [0.717, 1.165) is 96.3 Å². The van der Waals surface area contributed by atoms with Crippen molar-refractivity contribution in [2.45, 2.75) is 236 Å². The molecule has 0 aromatic heterocycles. The first-order chi connectivity index (χ1) is 30.7. The van der Waals surface area contributed by atoms with Gasteiger partial charge in [0.05, 0.1) is 19.6 Å². The summed E-state index contributed by atoms with van der Waals surface area (Å²) >= 11 is 0. The van der Waals surface area contributed by atoms with E-state index in [0.29, 0.717) is 31.5 Å². The fourth-order valence-corrected chi connectivity index (χ4v) is 9.66. The number of phosphoric acid groups is 3. The molecule has 0 radical (unpaired) electrons. The van der Waals surface area contributed by atoms with Gasteiger partial charge in [0.2, 0.25) is 0 Å². The van der Waals surface area contributed by atoms with Crippen LogP contribution in [0.1, 0.15) is 194 Å². The van der Waals surface area contributed by atoms with Gasteiger partial charge in [-0.2, -0.15) is 0 Å². The van der Waals surface area contributed by atoms with Crippen LogP contribution in [0.5, 0.6) is 0 Å². The Hall–Kier alpha value is -1.18. The van der Waals surface area contributed by atoms with Crippen LogP contribution in [-0.4, -0.2) is 113 Å². The van der Waals surface area contributed by atoms with E-state index in [4.69, 9.17) is 18.5 Å². The van der Waals surface area contributed by atoms with E-state index in [1.807, 2.05) is 6.92 Å². The van der Waals surface area contributed by atoms with E-state index in [1.165, 1.54) is 44.9 Å². The molecule has 1 fully saturated rings. The Morgan fingerprint density at radius 1 is 0.477 bits per heavy atom. The number of carbonyl (C=O) groups excluding carboxylic acids is 3. The smallest absolute Gasteiger partial charge is 0.466 e. The van der Waals surface area contributed by atoms with Crippen LogP contribution >= 0.6 is 23.5 Å². The largest absolute Gasteiger partial charge is 0.472 e. The average Bonchev–Trinajstić information content (AvgIpc) is 3.21. The van der Waals surface area contributed by atoms with Crippen molar-refractivity contribution >= 4 is 41.2 Å². The summed E-state index contributed by atoms with van der Waals surface area (Å²) in [6.07, 6.45) is 8.96. The number of aliphatic hydroxyl groups excluding tert-OH is 3. The molecule has 8 N–H and O–H groups in total. The van der Waals surface area contributed by atoms with Crippen LogP contribution in [0.25, 0.3) is 0 Å². The van der Waals surface area contributed by atoms with Crippen LogP contribution in [0.15, 0.2) is 0 Å². The number of Topliss-reactive ketones (excluding diaryl/α,β-unsaturated/α-hetero) is 1. The topological polar surface area (TPSA) is 320 Å². The van der Waals surface area contributed by atoms with Gasteiger partial charge in [0.15, 0.2) is 0 Å².